The first-order valence-corrected chi connectivity index (χ1v) is 7.52. The zero-order valence-corrected chi connectivity index (χ0v) is 13.3. The molecule has 3 aromatic carbocycles. The van der Waals surface area contributed by atoms with E-state index in [1.807, 2.05) is 0 Å². The molecule has 0 radical (unpaired) electrons. The van der Waals surface area contributed by atoms with Crippen LogP contribution in [0.5, 0.6) is 17.2 Å². The minimum Gasteiger partial charge on any atom is -0.508 e. The van der Waals surface area contributed by atoms with E-state index in [0.29, 0.717) is 32.3 Å². The fourth-order valence-corrected chi connectivity index (χ4v) is 2.65. The van der Waals surface area contributed by atoms with Crippen LogP contribution in [0.25, 0.3) is 22.3 Å². The number of benzene rings is 3. The highest BCUT2D eigenvalue weighted by atomic mass is 35.5. The predicted molar refractivity (Wildman–Crippen MR) is 92.3 cm³/mol. The molecule has 3 nitrogen and oxygen atoms in total. The summed E-state index contributed by atoms with van der Waals surface area (Å²) >= 11 is 11.9. The van der Waals surface area contributed by atoms with E-state index in [4.69, 9.17) is 23.2 Å². The van der Waals surface area contributed by atoms with Gasteiger partial charge in [-0.1, -0.05) is 41.4 Å². The first-order valence-electron chi connectivity index (χ1n) is 6.77. The van der Waals surface area contributed by atoms with Crippen molar-refractivity contribution in [2.45, 2.75) is 0 Å². The molecule has 0 aromatic heterocycles. The van der Waals surface area contributed by atoms with Crippen LogP contribution >= 0.6 is 23.2 Å². The van der Waals surface area contributed by atoms with Crippen molar-refractivity contribution in [2.75, 3.05) is 0 Å². The molecule has 0 saturated carbocycles. The summed E-state index contributed by atoms with van der Waals surface area (Å²) in [4.78, 5) is 0. The van der Waals surface area contributed by atoms with Gasteiger partial charge < -0.3 is 15.3 Å². The summed E-state index contributed by atoms with van der Waals surface area (Å²) in [5.74, 6) is -0.349. The van der Waals surface area contributed by atoms with Crippen LogP contribution in [-0.2, 0) is 0 Å². The molecular weight excluding hydrogens is 335 g/mol. The van der Waals surface area contributed by atoms with Crippen LogP contribution < -0.4 is 0 Å². The van der Waals surface area contributed by atoms with Gasteiger partial charge in [0.2, 0.25) is 0 Å². The molecule has 3 aromatic rings. The van der Waals surface area contributed by atoms with E-state index in [1.54, 1.807) is 42.5 Å². The van der Waals surface area contributed by atoms with Gasteiger partial charge in [-0.25, -0.2) is 0 Å². The highest BCUT2D eigenvalue weighted by Gasteiger charge is 2.15. The van der Waals surface area contributed by atoms with E-state index in [0.717, 1.165) is 0 Å². The fourth-order valence-electron chi connectivity index (χ4n) is 2.35. The lowest BCUT2D eigenvalue weighted by Crippen LogP contribution is -1.85. The average molecular weight is 347 g/mol. The van der Waals surface area contributed by atoms with Crippen molar-refractivity contribution in [1.82, 2.24) is 0 Å². The number of phenolic OH excluding ortho intramolecular Hbond substituents is 3. The SMILES string of the molecule is Oc1ccc(-c2ccc(-c3ccc(Cl)c(Cl)c3)c(O)c2O)cc1. The topological polar surface area (TPSA) is 60.7 Å². The van der Waals surface area contributed by atoms with Crippen LogP contribution in [0.1, 0.15) is 0 Å². The van der Waals surface area contributed by atoms with Gasteiger partial charge in [-0.05, 0) is 47.5 Å². The minimum atomic E-state index is -0.242. The Morgan fingerprint density at radius 2 is 1.09 bits per heavy atom. The molecule has 116 valence electrons. The third-order valence-corrected chi connectivity index (χ3v) is 4.30. The van der Waals surface area contributed by atoms with E-state index in [9.17, 15) is 15.3 Å². The van der Waals surface area contributed by atoms with E-state index < -0.39 is 0 Å². The third kappa shape index (κ3) is 2.93. The summed E-state index contributed by atoms with van der Waals surface area (Å²) < 4.78 is 0. The number of hydrogen-bond donors (Lipinski definition) is 3. The van der Waals surface area contributed by atoms with Crippen molar-refractivity contribution in [1.29, 1.82) is 0 Å². The van der Waals surface area contributed by atoms with Crippen molar-refractivity contribution in [3.63, 3.8) is 0 Å². The van der Waals surface area contributed by atoms with Crippen molar-refractivity contribution < 1.29 is 15.3 Å². The van der Waals surface area contributed by atoms with E-state index in [-0.39, 0.29) is 17.2 Å². The lowest BCUT2D eigenvalue weighted by atomic mass is 9.98. The summed E-state index contributed by atoms with van der Waals surface area (Å²) in [5.41, 5.74) is 2.23. The second-order valence-corrected chi connectivity index (χ2v) is 5.85. The Kier molecular flexibility index (Phi) is 4.07. The molecule has 0 aliphatic heterocycles. The highest BCUT2D eigenvalue weighted by molar-refractivity contribution is 6.42. The largest absolute Gasteiger partial charge is 0.508 e. The van der Waals surface area contributed by atoms with Gasteiger partial charge in [0.15, 0.2) is 11.5 Å². The molecule has 0 atom stereocenters. The zero-order valence-electron chi connectivity index (χ0n) is 11.8. The van der Waals surface area contributed by atoms with Gasteiger partial charge in [0.25, 0.3) is 0 Å². The normalized spacial score (nSPS) is 10.7. The molecular formula is C18H12Cl2O3. The van der Waals surface area contributed by atoms with Gasteiger partial charge in [0.1, 0.15) is 5.75 Å². The number of aromatic hydroxyl groups is 3. The monoisotopic (exact) mass is 346 g/mol. The van der Waals surface area contributed by atoms with Gasteiger partial charge in [-0.15, -0.1) is 0 Å². The number of phenols is 3. The molecule has 0 fully saturated rings. The van der Waals surface area contributed by atoms with Gasteiger partial charge in [0, 0.05) is 11.1 Å². The molecule has 3 rings (SSSR count). The van der Waals surface area contributed by atoms with Crippen LogP contribution in [0.15, 0.2) is 54.6 Å². The molecule has 0 heterocycles. The van der Waals surface area contributed by atoms with Gasteiger partial charge in [-0.3, -0.25) is 0 Å². The Hall–Kier alpha value is -2.36. The zero-order chi connectivity index (χ0) is 16.6. The number of rotatable bonds is 2. The maximum atomic E-state index is 10.3. The summed E-state index contributed by atoms with van der Waals surface area (Å²) in [7, 11) is 0. The Balaban J connectivity index is 2.10. The van der Waals surface area contributed by atoms with Crippen molar-refractivity contribution in [3.8, 4) is 39.5 Å². The van der Waals surface area contributed by atoms with Crippen molar-refractivity contribution in [3.05, 3.63) is 64.6 Å². The fraction of sp³-hybridized carbons (Fsp3) is 0. The Labute approximate surface area is 143 Å². The van der Waals surface area contributed by atoms with Gasteiger partial charge in [0.05, 0.1) is 10.0 Å². The summed E-state index contributed by atoms with van der Waals surface area (Å²) in [6, 6.07) is 14.7. The molecule has 0 spiro atoms. The van der Waals surface area contributed by atoms with E-state index in [1.165, 1.54) is 12.1 Å². The first-order chi connectivity index (χ1) is 11.0. The maximum Gasteiger partial charge on any atom is 0.166 e. The maximum absolute atomic E-state index is 10.3. The standard InChI is InChI=1S/C18H12Cl2O3/c19-15-8-3-11(9-16(15)20)14-7-6-13(17(22)18(14)23)10-1-4-12(21)5-2-10/h1-9,21-23H. The second-order valence-electron chi connectivity index (χ2n) is 5.03. The average Bonchev–Trinajstić information content (AvgIpc) is 2.54. The summed E-state index contributed by atoms with van der Waals surface area (Å²) in [6.45, 7) is 0. The quantitative estimate of drug-likeness (QED) is 0.541. The molecule has 5 heteroatoms. The lowest BCUT2D eigenvalue weighted by Gasteiger charge is -2.12. The predicted octanol–water partition coefficient (Wildman–Crippen LogP) is 5.44. The van der Waals surface area contributed by atoms with E-state index in [2.05, 4.69) is 0 Å². The second kappa shape index (κ2) is 6.03. The number of hydrogen-bond acceptors (Lipinski definition) is 3. The lowest BCUT2D eigenvalue weighted by molar-refractivity contribution is 0.406. The highest BCUT2D eigenvalue weighted by Crippen LogP contribution is 2.44. The van der Waals surface area contributed by atoms with E-state index >= 15 is 0 Å². The molecule has 0 amide bonds. The third-order valence-electron chi connectivity index (χ3n) is 3.56. The van der Waals surface area contributed by atoms with Crippen LogP contribution in [0.2, 0.25) is 10.0 Å². The molecule has 23 heavy (non-hydrogen) atoms. The molecule has 0 aliphatic rings. The van der Waals surface area contributed by atoms with Crippen molar-refractivity contribution >= 4 is 23.2 Å². The van der Waals surface area contributed by atoms with Gasteiger partial charge in [-0.2, -0.15) is 0 Å². The summed E-state index contributed by atoms with van der Waals surface area (Å²) in [5, 5.41) is 30.8. The molecule has 3 N–H and O–H groups in total. The van der Waals surface area contributed by atoms with Crippen LogP contribution in [-0.4, -0.2) is 15.3 Å². The summed E-state index contributed by atoms with van der Waals surface area (Å²) in [6.07, 6.45) is 0. The van der Waals surface area contributed by atoms with Crippen LogP contribution in [0.4, 0.5) is 0 Å². The van der Waals surface area contributed by atoms with Crippen LogP contribution in [0.3, 0.4) is 0 Å². The molecule has 0 bridgehead atoms. The first kappa shape index (κ1) is 15.5. The smallest absolute Gasteiger partial charge is 0.166 e. The van der Waals surface area contributed by atoms with Gasteiger partial charge >= 0.3 is 0 Å². The number of halogens is 2. The molecule has 0 saturated heterocycles. The Morgan fingerprint density at radius 1 is 0.565 bits per heavy atom. The van der Waals surface area contributed by atoms with Crippen molar-refractivity contribution in [2.24, 2.45) is 0 Å². The molecule has 0 unspecified atom stereocenters. The minimum absolute atomic E-state index is 0.130. The Morgan fingerprint density at radius 3 is 1.65 bits per heavy atom. The molecule has 0 aliphatic carbocycles. The van der Waals surface area contributed by atoms with Crippen LogP contribution in [0, 0.1) is 0 Å². The Bertz CT molecular complexity index is 874.